The van der Waals surface area contributed by atoms with Crippen LogP contribution in [0.3, 0.4) is 0 Å². The van der Waals surface area contributed by atoms with Gasteiger partial charge in [0.25, 0.3) is 0 Å². The summed E-state index contributed by atoms with van der Waals surface area (Å²) in [4.78, 5) is 13.3. The van der Waals surface area contributed by atoms with Crippen LogP contribution in [-0.4, -0.2) is 31.6 Å². The highest BCUT2D eigenvalue weighted by molar-refractivity contribution is 5.89. The van der Waals surface area contributed by atoms with E-state index in [4.69, 9.17) is 5.26 Å². The molecule has 0 amide bonds. The molecule has 0 atom stereocenters. The van der Waals surface area contributed by atoms with Gasteiger partial charge in [0.15, 0.2) is 0 Å². The molecule has 0 fully saturated rings. The number of hydrogen-bond donors (Lipinski definition) is 0. The first-order valence-corrected chi connectivity index (χ1v) is 5.40. The zero-order valence-electron chi connectivity index (χ0n) is 10.1. The molecule has 4 nitrogen and oxygen atoms in total. The van der Waals surface area contributed by atoms with Crippen LogP contribution in [0.2, 0.25) is 0 Å². The third-order valence-corrected chi connectivity index (χ3v) is 2.43. The lowest BCUT2D eigenvalue weighted by Gasteiger charge is -2.14. The molecule has 4 heteroatoms. The zero-order chi connectivity index (χ0) is 12.7. The van der Waals surface area contributed by atoms with Crippen molar-refractivity contribution >= 4 is 5.97 Å². The van der Waals surface area contributed by atoms with Gasteiger partial charge in [-0.2, -0.15) is 5.26 Å². The molecule has 0 radical (unpaired) electrons. The number of ether oxygens (including phenoxy) is 1. The van der Waals surface area contributed by atoms with Gasteiger partial charge in [-0.25, -0.2) is 4.79 Å². The van der Waals surface area contributed by atoms with E-state index in [1.54, 1.807) is 12.1 Å². The van der Waals surface area contributed by atoms with Crippen molar-refractivity contribution in [1.82, 2.24) is 4.90 Å². The lowest BCUT2D eigenvalue weighted by molar-refractivity contribution is 0.0600. The molecule has 0 aliphatic rings. The lowest BCUT2D eigenvalue weighted by atomic mass is 10.1. The largest absolute Gasteiger partial charge is 0.465 e. The van der Waals surface area contributed by atoms with Crippen molar-refractivity contribution in [2.45, 2.75) is 13.0 Å². The molecule has 0 heterocycles. The van der Waals surface area contributed by atoms with Crippen molar-refractivity contribution in [3.8, 4) is 6.07 Å². The van der Waals surface area contributed by atoms with E-state index in [9.17, 15) is 4.79 Å². The van der Waals surface area contributed by atoms with E-state index in [0.717, 1.165) is 18.7 Å². The number of carbonyl (C=O) groups is 1. The number of carbonyl (C=O) groups excluding carboxylic acids is 1. The van der Waals surface area contributed by atoms with Crippen LogP contribution in [0.4, 0.5) is 0 Å². The van der Waals surface area contributed by atoms with Gasteiger partial charge in [-0.1, -0.05) is 12.1 Å². The number of hydrogen-bond acceptors (Lipinski definition) is 4. The van der Waals surface area contributed by atoms with Crippen LogP contribution < -0.4 is 0 Å². The average Bonchev–Trinajstić information content (AvgIpc) is 2.36. The van der Waals surface area contributed by atoms with Gasteiger partial charge in [-0.15, -0.1) is 0 Å². The molecule has 0 bridgehead atoms. The van der Waals surface area contributed by atoms with Gasteiger partial charge in [0.2, 0.25) is 0 Å². The molecule has 1 aromatic carbocycles. The fourth-order valence-electron chi connectivity index (χ4n) is 1.50. The summed E-state index contributed by atoms with van der Waals surface area (Å²) in [7, 11) is 3.33. The fraction of sp³-hybridized carbons (Fsp3) is 0.385. The van der Waals surface area contributed by atoms with E-state index in [-0.39, 0.29) is 5.97 Å². The maximum Gasteiger partial charge on any atom is 0.337 e. The third-order valence-electron chi connectivity index (χ3n) is 2.43. The zero-order valence-corrected chi connectivity index (χ0v) is 10.1. The molecular weight excluding hydrogens is 216 g/mol. The van der Waals surface area contributed by atoms with Gasteiger partial charge in [0.1, 0.15) is 0 Å². The fourth-order valence-corrected chi connectivity index (χ4v) is 1.50. The van der Waals surface area contributed by atoms with E-state index in [0.29, 0.717) is 12.0 Å². The highest BCUT2D eigenvalue weighted by Gasteiger charge is 2.05. The predicted octanol–water partition coefficient (Wildman–Crippen LogP) is 1.82. The van der Waals surface area contributed by atoms with E-state index in [1.165, 1.54) is 7.11 Å². The van der Waals surface area contributed by atoms with Crippen LogP contribution in [0.15, 0.2) is 24.3 Å². The predicted molar refractivity (Wildman–Crippen MR) is 64.3 cm³/mol. The molecule has 0 unspecified atom stereocenters. The van der Waals surface area contributed by atoms with Gasteiger partial charge in [-0.3, -0.25) is 0 Å². The minimum absolute atomic E-state index is 0.325. The van der Waals surface area contributed by atoms with Crippen molar-refractivity contribution in [2.75, 3.05) is 20.7 Å². The van der Waals surface area contributed by atoms with E-state index >= 15 is 0 Å². The van der Waals surface area contributed by atoms with Crippen molar-refractivity contribution in [3.05, 3.63) is 35.4 Å². The first-order chi connectivity index (χ1) is 8.17. The summed E-state index contributed by atoms with van der Waals surface area (Å²) in [5, 5.41) is 8.48. The molecule has 0 saturated heterocycles. The number of methoxy groups -OCH3 is 1. The second kappa shape index (κ2) is 6.66. The summed E-state index contributed by atoms with van der Waals surface area (Å²) < 4.78 is 4.62. The minimum atomic E-state index is -0.325. The summed E-state index contributed by atoms with van der Waals surface area (Å²) in [5.41, 5.74) is 1.66. The SMILES string of the molecule is COC(=O)c1ccc(CN(C)CCC#N)cc1. The molecule has 0 spiro atoms. The van der Waals surface area contributed by atoms with E-state index < -0.39 is 0 Å². The molecule has 0 N–H and O–H groups in total. The standard InChI is InChI=1S/C13H16N2O2/c1-15(9-3-8-14)10-11-4-6-12(7-5-11)13(16)17-2/h4-7H,3,9-10H2,1-2H3. The lowest BCUT2D eigenvalue weighted by Crippen LogP contribution is -2.18. The van der Waals surface area contributed by atoms with Gasteiger partial charge < -0.3 is 9.64 Å². The number of rotatable bonds is 5. The maximum absolute atomic E-state index is 11.2. The molecule has 0 aromatic heterocycles. The Balaban J connectivity index is 2.56. The van der Waals surface area contributed by atoms with Crippen LogP contribution >= 0.6 is 0 Å². The van der Waals surface area contributed by atoms with Gasteiger partial charge in [0.05, 0.1) is 18.7 Å². The van der Waals surface area contributed by atoms with Crippen molar-refractivity contribution in [1.29, 1.82) is 5.26 Å². The van der Waals surface area contributed by atoms with Crippen LogP contribution in [-0.2, 0) is 11.3 Å². The highest BCUT2D eigenvalue weighted by Crippen LogP contribution is 2.08. The number of nitrogens with zero attached hydrogens (tertiary/aromatic N) is 2. The average molecular weight is 232 g/mol. The van der Waals surface area contributed by atoms with Crippen molar-refractivity contribution in [2.24, 2.45) is 0 Å². The Morgan fingerprint density at radius 3 is 2.59 bits per heavy atom. The first-order valence-electron chi connectivity index (χ1n) is 5.40. The third kappa shape index (κ3) is 4.25. The molecule has 1 aromatic rings. The van der Waals surface area contributed by atoms with Gasteiger partial charge in [0, 0.05) is 19.5 Å². The summed E-state index contributed by atoms with van der Waals surface area (Å²) >= 11 is 0. The minimum Gasteiger partial charge on any atom is -0.465 e. The van der Waals surface area contributed by atoms with Gasteiger partial charge in [-0.05, 0) is 24.7 Å². The quantitative estimate of drug-likeness (QED) is 0.727. The summed E-state index contributed by atoms with van der Waals surface area (Å²) in [6.07, 6.45) is 0.525. The van der Waals surface area contributed by atoms with Crippen molar-refractivity contribution < 1.29 is 9.53 Å². The van der Waals surface area contributed by atoms with Crippen molar-refractivity contribution in [3.63, 3.8) is 0 Å². The van der Waals surface area contributed by atoms with Crippen LogP contribution in [0.25, 0.3) is 0 Å². The normalized spacial score (nSPS) is 10.0. The summed E-state index contributed by atoms with van der Waals surface area (Å²) in [6.45, 7) is 1.51. The molecule has 17 heavy (non-hydrogen) atoms. The summed E-state index contributed by atoms with van der Waals surface area (Å²) in [6, 6.07) is 9.41. The Kier molecular flexibility index (Phi) is 5.18. The molecule has 90 valence electrons. The topological polar surface area (TPSA) is 53.3 Å². The Morgan fingerprint density at radius 1 is 1.41 bits per heavy atom. The van der Waals surface area contributed by atoms with Crippen LogP contribution in [0.1, 0.15) is 22.3 Å². The molecule has 1 rings (SSSR count). The summed E-state index contributed by atoms with van der Waals surface area (Å²) in [5.74, 6) is -0.325. The Bertz CT molecular complexity index is 406. The number of benzene rings is 1. The van der Waals surface area contributed by atoms with Crippen LogP contribution in [0.5, 0.6) is 0 Å². The van der Waals surface area contributed by atoms with Gasteiger partial charge >= 0.3 is 5.97 Å². The Morgan fingerprint density at radius 2 is 2.06 bits per heavy atom. The molecule has 0 aliphatic carbocycles. The molecule has 0 aliphatic heterocycles. The number of esters is 1. The maximum atomic E-state index is 11.2. The van der Waals surface area contributed by atoms with E-state index in [2.05, 4.69) is 15.7 Å². The Hall–Kier alpha value is -1.86. The first kappa shape index (κ1) is 13.2. The highest BCUT2D eigenvalue weighted by atomic mass is 16.5. The molecular formula is C13H16N2O2. The smallest absolute Gasteiger partial charge is 0.337 e. The van der Waals surface area contributed by atoms with Crippen LogP contribution in [0, 0.1) is 11.3 Å². The monoisotopic (exact) mass is 232 g/mol. The second-order valence-corrected chi connectivity index (χ2v) is 3.83. The Labute approximate surface area is 101 Å². The van der Waals surface area contributed by atoms with E-state index in [1.807, 2.05) is 19.2 Å². The second-order valence-electron chi connectivity index (χ2n) is 3.83. The molecule has 0 saturated carbocycles. The number of nitriles is 1.